The van der Waals surface area contributed by atoms with Crippen LogP contribution in [0, 0.1) is 5.41 Å². The van der Waals surface area contributed by atoms with Crippen LogP contribution in [0.2, 0.25) is 0 Å². The highest BCUT2D eigenvalue weighted by molar-refractivity contribution is 7.57. The van der Waals surface area contributed by atoms with Crippen LogP contribution in [-0.4, -0.2) is 26.3 Å². The molecule has 1 fully saturated rings. The molecular formula is C7H18N2O3P+. The van der Waals surface area contributed by atoms with Gasteiger partial charge < -0.3 is 10.6 Å². The maximum Gasteiger partial charge on any atom is 0.312 e. The zero-order valence-corrected chi connectivity index (χ0v) is 9.10. The van der Waals surface area contributed by atoms with Crippen LogP contribution in [0.5, 0.6) is 0 Å². The van der Waals surface area contributed by atoms with E-state index in [1.807, 2.05) is 13.8 Å². The van der Waals surface area contributed by atoms with Crippen LogP contribution in [0.15, 0.2) is 0 Å². The molecule has 0 spiro atoms. The molecule has 1 aliphatic heterocycles. The third-order valence-corrected chi connectivity index (χ3v) is 3.28. The molecule has 6 heteroatoms. The van der Waals surface area contributed by atoms with E-state index in [2.05, 4.69) is 10.8 Å². The van der Waals surface area contributed by atoms with E-state index in [9.17, 15) is 4.89 Å². The summed E-state index contributed by atoms with van der Waals surface area (Å²) in [5, 5.41) is 2.73. The lowest BCUT2D eigenvalue weighted by atomic mass is 9.97. The molecule has 0 amide bonds. The van der Waals surface area contributed by atoms with Crippen molar-refractivity contribution in [3.8, 4) is 0 Å². The van der Waals surface area contributed by atoms with Crippen molar-refractivity contribution >= 4 is 8.09 Å². The Bertz CT molecular complexity index is 167. The van der Waals surface area contributed by atoms with Crippen molar-refractivity contribution in [2.75, 3.05) is 26.3 Å². The molecule has 0 aromatic rings. The Kier molecular flexibility index (Phi) is 3.63. The summed E-state index contributed by atoms with van der Waals surface area (Å²) in [5.74, 6) is 0. The molecule has 78 valence electrons. The molecule has 0 bridgehead atoms. The van der Waals surface area contributed by atoms with Crippen LogP contribution in [-0.2, 0) is 9.05 Å². The molecule has 1 saturated heterocycles. The molecule has 4 N–H and O–H groups in total. The van der Waals surface area contributed by atoms with Gasteiger partial charge in [0.05, 0.1) is 13.1 Å². The standard InChI is InChI=1S/C7H17N2O3P/c1-7(2)5-11-13(10,12-6-7)9-4-3-8/h3-6,8H2,1-2H3,(H,9,10)/p+1. The van der Waals surface area contributed by atoms with E-state index < -0.39 is 8.09 Å². The third kappa shape index (κ3) is 3.46. The monoisotopic (exact) mass is 209 g/mol. The highest BCUT2D eigenvalue weighted by Crippen LogP contribution is 2.53. The topological polar surface area (TPSA) is 81.2 Å². The van der Waals surface area contributed by atoms with Gasteiger partial charge in [0.2, 0.25) is 0 Å². The summed E-state index contributed by atoms with van der Waals surface area (Å²) < 4.78 is 10.4. The van der Waals surface area contributed by atoms with Gasteiger partial charge in [-0.15, -0.1) is 5.09 Å². The van der Waals surface area contributed by atoms with Gasteiger partial charge in [-0.3, -0.25) is 0 Å². The fraction of sp³-hybridized carbons (Fsp3) is 1.00. The Labute approximate surface area is 79.2 Å². The summed E-state index contributed by atoms with van der Waals surface area (Å²) in [6.45, 7) is 6.18. The normalized spacial score (nSPS) is 25.8. The summed E-state index contributed by atoms with van der Waals surface area (Å²) in [4.78, 5) is 11.7. The van der Waals surface area contributed by atoms with Crippen molar-refractivity contribution in [3.05, 3.63) is 0 Å². The first-order valence-corrected chi connectivity index (χ1v) is 5.95. The van der Waals surface area contributed by atoms with Gasteiger partial charge in [-0.1, -0.05) is 13.8 Å². The van der Waals surface area contributed by atoms with E-state index in [-0.39, 0.29) is 5.41 Å². The fourth-order valence-corrected chi connectivity index (χ4v) is 2.63. The second-order valence-electron chi connectivity index (χ2n) is 3.97. The number of quaternary nitrogens is 1. The van der Waals surface area contributed by atoms with E-state index in [1.165, 1.54) is 0 Å². The molecule has 1 heterocycles. The molecule has 0 aromatic heterocycles. The minimum atomic E-state index is -3.00. The van der Waals surface area contributed by atoms with Gasteiger partial charge in [0.1, 0.15) is 13.2 Å². The Balaban J connectivity index is 2.37. The molecule has 5 nitrogen and oxygen atoms in total. The minimum Gasteiger partial charge on any atom is -0.616 e. The van der Waals surface area contributed by atoms with Gasteiger partial charge in [-0.05, 0) is 0 Å². The van der Waals surface area contributed by atoms with Gasteiger partial charge >= 0.3 is 8.09 Å². The molecule has 0 saturated carbocycles. The molecule has 1 aliphatic rings. The van der Waals surface area contributed by atoms with Gasteiger partial charge in [0, 0.05) is 5.41 Å². The Morgan fingerprint density at radius 3 is 2.46 bits per heavy atom. The average molecular weight is 209 g/mol. The predicted octanol–water partition coefficient (Wildman–Crippen LogP) is -1.07. The van der Waals surface area contributed by atoms with E-state index in [1.54, 1.807) is 0 Å². The average Bonchev–Trinajstić information content (AvgIpc) is 2.08. The highest BCUT2D eigenvalue weighted by Gasteiger charge is 2.40. The van der Waals surface area contributed by atoms with Gasteiger partial charge in [-0.2, -0.15) is 9.05 Å². The summed E-state index contributed by atoms with van der Waals surface area (Å²) >= 11 is 0. The van der Waals surface area contributed by atoms with Crippen molar-refractivity contribution in [3.63, 3.8) is 0 Å². The number of nitrogens with one attached hydrogen (secondary N) is 1. The lowest BCUT2D eigenvalue weighted by molar-refractivity contribution is -0.365. The van der Waals surface area contributed by atoms with Crippen LogP contribution in [0.4, 0.5) is 0 Å². The molecule has 13 heavy (non-hydrogen) atoms. The molecule has 0 radical (unpaired) electrons. The number of hydrogen-bond acceptors (Lipinski definition) is 4. The third-order valence-electron chi connectivity index (χ3n) is 1.73. The maximum atomic E-state index is 11.7. The quantitative estimate of drug-likeness (QED) is 0.580. The number of hydrogen-bond donors (Lipinski definition) is 2. The second-order valence-corrected chi connectivity index (χ2v) is 5.80. The molecule has 1 rings (SSSR count). The fourth-order valence-electron chi connectivity index (χ4n) is 0.906. The van der Waals surface area contributed by atoms with Crippen LogP contribution < -0.4 is 15.7 Å². The van der Waals surface area contributed by atoms with Crippen LogP contribution in [0.3, 0.4) is 0 Å². The predicted molar refractivity (Wildman–Crippen MR) is 48.4 cm³/mol. The van der Waals surface area contributed by atoms with E-state index >= 15 is 0 Å². The Hall–Kier alpha value is 0.230. The molecule has 0 atom stereocenters. The summed E-state index contributed by atoms with van der Waals surface area (Å²) in [5.41, 5.74) is 3.59. The van der Waals surface area contributed by atoms with Crippen molar-refractivity contribution in [1.82, 2.24) is 5.09 Å². The Morgan fingerprint density at radius 1 is 1.46 bits per heavy atom. The van der Waals surface area contributed by atoms with Crippen molar-refractivity contribution < 1.29 is 19.7 Å². The van der Waals surface area contributed by atoms with Crippen LogP contribution in [0.25, 0.3) is 0 Å². The van der Waals surface area contributed by atoms with Crippen molar-refractivity contribution in [2.24, 2.45) is 5.41 Å². The van der Waals surface area contributed by atoms with E-state index in [0.29, 0.717) is 26.3 Å². The molecule has 0 aliphatic carbocycles. The summed E-state index contributed by atoms with van der Waals surface area (Å²) in [6.07, 6.45) is 0. The van der Waals surface area contributed by atoms with Crippen LogP contribution in [0.1, 0.15) is 13.8 Å². The van der Waals surface area contributed by atoms with E-state index in [0.717, 1.165) is 0 Å². The SMILES string of the molecule is CC1(C)CO[P+]([O-])(NCC[NH3+])OC1. The summed E-state index contributed by atoms with van der Waals surface area (Å²) in [6, 6.07) is 0. The summed E-state index contributed by atoms with van der Waals surface area (Å²) in [7, 11) is -3.00. The molecule has 0 unspecified atom stereocenters. The Morgan fingerprint density at radius 2 is 2.00 bits per heavy atom. The first kappa shape index (κ1) is 11.3. The van der Waals surface area contributed by atoms with Crippen molar-refractivity contribution in [2.45, 2.75) is 13.8 Å². The van der Waals surface area contributed by atoms with Crippen LogP contribution >= 0.6 is 8.09 Å². The lowest BCUT2D eigenvalue weighted by Crippen LogP contribution is -2.55. The molecule has 0 aromatic carbocycles. The van der Waals surface area contributed by atoms with Crippen molar-refractivity contribution in [1.29, 1.82) is 0 Å². The smallest absolute Gasteiger partial charge is 0.312 e. The largest absolute Gasteiger partial charge is 0.616 e. The first-order chi connectivity index (χ1) is 5.97. The number of rotatable bonds is 3. The second kappa shape index (κ2) is 4.17. The maximum absolute atomic E-state index is 11.7. The zero-order chi connectivity index (χ0) is 9.95. The molecular weight excluding hydrogens is 191 g/mol. The van der Waals surface area contributed by atoms with Gasteiger partial charge in [0.15, 0.2) is 0 Å². The highest BCUT2D eigenvalue weighted by atomic mass is 31.2. The minimum absolute atomic E-state index is 0.0416. The van der Waals surface area contributed by atoms with Gasteiger partial charge in [0.25, 0.3) is 0 Å². The lowest BCUT2D eigenvalue weighted by Gasteiger charge is -2.37. The first-order valence-electron chi connectivity index (χ1n) is 4.41. The zero-order valence-electron chi connectivity index (χ0n) is 8.21. The van der Waals surface area contributed by atoms with Gasteiger partial charge in [-0.25, -0.2) is 0 Å². The van der Waals surface area contributed by atoms with E-state index in [4.69, 9.17) is 9.05 Å².